The normalized spacial score (nSPS) is 11.6. The van der Waals surface area contributed by atoms with Gasteiger partial charge in [0.2, 0.25) is 5.91 Å². The van der Waals surface area contributed by atoms with Gasteiger partial charge in [0, 0.05) is 11.8 Å². The molecule has 3 aromatic heterocycles. The van der Waals surface area contributed by atoms with Gasteiger partial charge in [-0.2, -0.15) is 17.9 Å². The van der Waals surface area contributed by atoms with Crippen LogP contribution in [-0.4, -0.2) is 31.5 Å². The Labute approximate surface area is 202 Å². The van der Waals surface area contributed by atoms with Gasteiger partial charge >= 0.3 is 12.0 Å². The molecule has 10 nitrogen and oxygen atoms in total. The summed E-state index contributed by atoms with van der Waals surface area (Å²) in [5.74, 6) is -2.70. The molecule has 36 heavy (non-hydrogen) atoms. The average molecular weight is 522 g/mol. The number of benzene rings is 1. The summed E-state index contributed by atoms with van der Waals surface area (Å²) >= 11 is 0.570. The van der Waals surface area contributed by atoms with Gasteiger partial charge in [-0.3, -0.25) is 9.59 Å². The fourth-order valence-electron chi connectivity index (χ4n) is 3.38. The largest absolute Gasteiger partial charge is 0.433 e. The lowest BCUT2D eigenvalue weighted by Gasteiger charge is -2.12. The molecule has 15 heteroatoms. The highest BCUT2D eigenvalue weighted by Gasteiger charge is 2.35. The number of nitro groups is 1. The van der Waals surface area contributed by atoms with Crippen molar-refractivity contribution < 1.29 is 32.1 Å². The first-order valence-electron chi connectivity index (χ1n) is 10.0. The standard InChI is InChI=1S/C21H14F4N6O4S/c22-11-3-1-10(2-4-11)12-9-13(21(23,24)25)27-20-16(12)17(18(36-20)19(26)33)28-15(32)6-8-30-7-5-14(29-30)31(34)35/h1-5,7,9H,6,8H2,(H2,26,33)(H,28,32). The number of hydrogen-bond acceptors (Lipinski definition) is 7. The first-order valence-corrected chi connectivity index (χ1v) is 10.8. The topological polar surface area (TPSA) is 146 Å². The minimum Gasteiger partial charge on any atom is -0.365 e. The summed E-state index contributed by atoms with van der Waals surface area (Å²) in [6, 6.07) is 6.50. The second-order valence-electron chi connectivity index (χ2n) is 7.40. The second-order valence-corrected chi connectivity index (χ2v) is 8.40. The number of carbonyl (C=O) groups excluding carboxylic acids is 2. The van der Waals surface area contributed by atoms with Gasteiger partial charge in [0.25, 0.3) is 5.91 Å². The van der Waals surface area contributed by atoms with Crippen LogP contribution < -0.4 is 11.1 Å². The van der Waals surface area contributed by atoms with Crippen LogP contribution in [0.2, 0.25) is 0 Å². The van der Waals surface area contributed by atoms with E-state index in [-0.39, 0.29) is 44.9 Å². The molecule has 0 bridgehead atoms. The van der Waals surface area contributed by atoms with Crippen LogP contribution in [0.4, 0.5) is 29.1 Å². The number of nitrogens with zero attached hydrogens (tertiary/aromatic N) is 4. The number of nitrogens with two attached hydrogens (primary N) is 1. The van der Waals surface area contributed by atoms with E-state index in [1.807, 2.05) is 0 Å². The molecule has 2 amide bonds. The van der Waals surface area contributed by atoms with E-state index in [2.05, 4.69) is 15.4 Å². The van der Waals surface area contributed by atoms with E-state index in [0.717, 1.165) is 24.3 Å². The van der Waals surface area contributed by atoms with E-state index in [0.29, 0.717) is 11.3 Å². The molecule has 0 aliphatic heterocycles. The average Bonchev–Trinajstić information content (AvgIpc) is 3.42. The SMILES string of the molecule is NC(=O)c1sc2nc(C(F)(F)F)cc(-c3ccc(F)cc3)c2c1NC(=O)CCn1ccc([N+](=O)[O-])n1. The lowest BCUT2D eigenvalue weighted by molar-refractivity contribution is -0.389. The van der Waals surface area contributed by atoms with Crippen molar-refractivity contribution in [2.24, 2.45) is 5.73 Å². The monoisotopic (exact) mass is 522 g/mol. The van der Waals surface area contributed by atoms with Gasteiger partial charge in [-0.15, -0.1) is 11.3 Å². The maximum absolute atomic E-state index is 13.5. The predicted octanol–water partition coefficient (Wildman–Crippen LogP) is 4.35. The molecule has 4 rings (SSSR count). The number of alkyl halides is 3. The number of thiophene rings is 1. The molecule has 0 atom stereocenters. The number of hydrogen-bond donors (Lipinski definition) is 2. The Bertz CT molecular complexity index is 1500. The Hall–Kier alpha value is -4.40. The third-order valence-corrected chi connectivity index (χ3v) is 6.08. The molecule has 0 aliphatic carbocycles. The van der Waals surface area contributed by atoms with E-state index in [9.17, 15) is 37.3 Å². The molecule has 0 fully saturated rings. The lowest BCUT2D eigenvalue weighted by atomic mass is 10.0. The Morgan fingerprint density at radius 1 is 1.19 bits per heavy atom. The third-order valence-electron chi connectivity index (χ3n) is 4.98. The van der Waals surface area contributed by atoms with E-state index in [1.165, 1.54) is 23.0 Å². The number of primary amides is 1. The van der Waals surface area contributed by atoms with E-state index < -0.39 is 40.2 Å². The van der Waals surface area contributed by atoms with Gasteiger partial charge in [0.1, 0.15) is 21.2 Å². The number of carbonyl (C=O) groups is 2. The zero-order valence-electron chi connectivity index (χ0n) is 17.9. The van der Waals surface area contributed by atoms with Crippen molar-refractivity contribution in [3.05, 3.63) is 69.1 Å². The zero-order valence-corrected chi connectivity index (χ0v) is 18.7. The molecule has 1 aromatic carbocycles. The lowest BCUT2D eigenvalue weighted by Crippen LogP contribution is -2.18. The highest BCUT2D eigenvalue weighted by Crippen LogP contribution is 2.43. The van der Waals surface area contributed by atoms with Crippen LogP contribution in [0.3, 0.4) is 0 Å². The molecule has 0 spiro atoms. The zero-order chi connectivity index (χ0) is 26.2. The molecule has 186 valence electrons. The highest BCUT2D eigenvalue weighted by molar-refractivity contribution is 7.21. The summed E-state index contributed by atoms with van der Waals surface area (Å²) in [5.41, 5.74) is 4.18. The van der Waals surface area contributed by atoms with Crippen molar-refractivity contribution in [3.8, 4) is 11.1 Å². The van der Waals surface area contributed by atoms with Gasteiger partial charge in [-0.25, -0.2) is 9.37 Å². The molecule has 0 saturated carbocycles. The molecule has 0 aliphatic rings. The van der Waals surface area contributed by atoms with Crippen LogP contribution in [0.1, 0.15) is 21.8 Å². The molecule has 0 saturated heterocycles. The van der Waals surface area contributed by atoms with Crippen molar-refractivity contribution in [1.82, 2.24) is 14.8 Å². The van der Waals surface area contributed by atoms with Crippen molar-refractivity contribution in [2.45, 2.75) is 19.1 Å². The minimum absolute atomic E-state index is 0.0245. The van der Waals surface area contributed by atoms with Crippen molar-refractivity contribution in [1.29, 1.82) is 0 Å². The van der Waals surface area contributed by atoms with Gasteiger partial charge in [0.15, 0.2) is 0 Å². The van der Waals surface area contributed by atoms with Crippen molar-refractivity contribution in [2.75, 3.05) is 5.32 Å². The van der Waals surface area contributed by atoms with E-state index >= 15 is 0 Å². The summed E-state index contributed by atoms with van der Waals surface area (Å²) in [6.45, 7) is -0.0606. The van der Waals surface area contributed by atoms with Crippen molar-refractivity contribution >= 4 is 44.9 Å². The molecule has 0 radical (unpaired) electrons. The van der Waals surface area contributed by atoms with Crippen LogP contribution in [0.25, 0.3) is 21.3 Å². The molecular weight excluding hydrogens is 508 g/mol. The van der Waals surface area contributed by atoms with E-state index in [1.54, 1.807) is 0 Å². The maximum Gasteiger partial charge on any atom is 0.433 e. The van der Waals surface area contributed by atoms with Gasteiger partial charge < -0.3 is 21.2 Å². The molecule has 0 unspecified atom stereocenters. The summed E-state index contributed by atoms with van der Waals surface area (Å²) in [5, 5.41) is 17.0. The molecular formula is C21H14F4N6O4S. The fourth-order valence-corrected chi connectivity index (χ4v) is 4.39. The number of anilines is 1. The van der Waals surface area contributed by atoms with Gasteiger partial charge in [-0.05, 0) is 34.2 Å². The Balaban J connectivity index is 1.77. The van der Waals surface area contributed by atoms with Gasteiger partial charge in [-0.1, -0.05) is 12.1 Å². The smallest absolute Gasteiger partial charge is 0.365 e. The van der Waals surface area contributed by atoms with Crippen LogP contribution in [0.5, 0.6) is 0 Å². The predicted molar refractivity (Wildman–Crippen MR) is 121 cm³/mol. The van der Waals surface area contributed by atoms with Gasteiger partial charge in [0.05, 0.1) is 29.6 Å². The van der Waals surface area contributed by atoms with Crippen molar-refractivity contribution in [3.63, 3.8) is 0 Å². The molecule has 3 N–H and O–H groups in total. The van der Waals surface area contributed by atoms with E-state index in [4.69, 9.17) is 5.73 Å². The van der Waals surface area contributed by atoms with Crippen LogP contribution in [-0.2, 0) is 17.5 Å². The Morgan fingerprint density at radius 3 is 2.47 bits per heavy atom. The number of aryl methyl sites for hydroxylation is 1. The number of amides is 2. The number of halogens is 4. The Kier molecular flexibility index (Phi) is 6.41. The second kappa shape index (κ2) is 9.33. The van der Waals surface area contributed by atoms with Crippen LogP contribution >= 0.6 is 11.3 Å². The Morgan fingerprint density at radius 2 is 1.89 bits per heavy atom. The third kappa shape index (κ3) is 5.00. The number of rotatable bonds is 7. The number of nitrogens with one attached hydrogen (secondary N) is 1. The fraction of sp³-hybridized carbons (Fsp3) is 0.143. The summed E-state index contributed by atoms with van der Waals surface area (Å²) in [4.78, 5) is 38.0. The molecule has 4 aromatic rings. The minimum atomic E-state index is -4.82. The van der Waals surface area contributed by atoms with Crippen LogP contribution in [0.15, 0.2) is 42.6 Å². The highest BCUT2D eigenvalue weighted by atomic mass is 32.1. The maximum atomic E-state index is 13.5. The number of pyridine rings is 1. The number of aromatic nitrogens is 3. The number of fused-ring (bicyclic) bond motifs is 1. The summed E-state index contributed by atoms with van der Waals surface area (Å²) in [6.07, 6.45) is -3.76. The van der Waals surface area contributed by atoms with Crippen LogP contribution in [0, 0.1) is 15.9 Å². The quantitative estimate of drug-likeness (QED) is 0.210. The first-order chi connectivity index (χ1) is 16.9. The molecule has 3 heterocycles. The summed E-state index contributed by atoms with van der Waals surface area (Å²) < 4.78 is 55.2. The first kappa shape index (κ1) is 24.7. The summed E-state index contributed by atoms with van der Waals surface area (Å²) in [7, 11) is 0.